The summed E-state index contributed by atoms with van der Waals surface area (Å²) in [5.41, 5.74) is 5.52. The summed E-state index contributed by atoms with van der Waals surface area (Å²) < 4.78 is 0. The van der Waals surface area contributed by atoms with E-state index in [1.54, 1.807) is 12.1 Å². The Morgan fingerprint density at radius 3 is 2.80 bits per heavy atom. The normalized spacial score (nSPS) is 15.9. The van der Waals surface area contributed by atoms with Gasteiger partial charge in [0.25, 0.3) is 0 Å². The van der Waals surface area contributed by atoms with Crippen molar-refractivity contribution in [2.24, 2.45) is 5.73 Å². The summed E-state index contributed by atoms with van der Waals surface area (Å²) in [5, 5.41) is 11.5. The second-order valence-corrected chi connectivity index (χ2v) is 3.45. The molecule has 0 aliphatic carbocycles. The van der Waals surface area contributed by atoms with Crippen LogP contribution < -0.4 is 16.0 Å². The first-order chi connectivity index (χ1) is 7.15. The molecule has 1 aliphatic heterocycles. The number of aliphatic hydroxyl groups is 1. The highest BCUT2D eigenvalue weighted by Gasteiger charge is 2.25. The summed E-state index contributed by atoms with van der Waals surface area (Å²) in [5.74, 6) is 0.787. The van der Waals surface area contributed by atoms with Gasteiger partial charge in [-0.15, -0.1) is 0 Å². The van der Waals surface area contributed by atoms with E-state index in [0.29, 0.717) is 18.8 Å². The number of hydrogen-bond donors (Lipinski definition) is 3. The van der Waals surface area contributed by atoms with Crippen LogP contribution in [0.3, 0.4) is 0 Å². The summed E-state index contributed by atoms with van der Waals surface area (Å²) in [6.45, 7) is 1.21. The SMILES string of the molecule is NC(=O)Nc1ccc(N2CC(O)C2)nc1. The monoisotopic (exact) mass is 208 g/mol. The Kier molecular flexibility index (Phi) is 2.42. The molecule has 2 heterocycles. The second-order valence-electron chi connectivity index (χ2n) is 3.45. The largest absolute Gasteiger partial charge is 0.389 e. The Hall–Kier alpha value is -1.82. The third-order valence-corrected chi connectivity index (χ3v) is 2.20. The average Bonchev–Trinajstić information content (AvgIpc) is 2.14. The maximum atomic E-state index is 10.5. The molecular formula is C9H12N4O2. The van der Waals surface area contributed by atoms with E-state index in [9.17, 15) is 4.79 Å². The van der Waals surface area contributed by atoms with Gasteiger partial charge >= 0.3 is 6.03 Å². The van der Waals surface area contributed by atoms with Gasteiger partial charge in [-0.05, 0) is 12.1 Å². The van der Waals surface area contributed by atoms with E-state index in [1.807, 2.05) is 4.90 Å². The highest BCUT2D eigenvalue weighted by Crippen LogP contribution is 2.19. The number of nitrogens with one attached hydrogen (secondary N) is 1. The molecular weight excluding hydrogens is 196 g/mol. The molecule has 0 spiro atoms. The number of hydrogen-bond acceptors (Lipinski definition) is 4. The van der Waals surface area contributed by atoms with E-state index in [2.05, 4.69) is 10.3 Å². The van der Waals surface area contributed by atoms with Crippen molar-refractivity contribution in [3.8, 4) is 0 Å². The Bertz CT molecular complexity index is 359. The fourth-order valence-electron chi connectivity index (χ4n) is 1.43. The van der Waals surface area contributed by atoms with Crippen LogP contribution in [0.15, 0.2) is 18.3 Å². The lowest BCUT2D eigenvalue weighted by molar-refractivity contribution is 0.141. The van der Waals surface area contributed by atoms with Gasteiger partial charge in [0, 0.05) is 13.1 Å². The predicted octanol–water partition coefficient (Wildman–Crippen LogP) is -0.247. The summed E-state index contributed by atoms with van der Waals surface area (Å²) in [7, 11) is 0. The maximum absolute atomic E-state index is 10.5. The number of primary amides is 1. The van der Waals surface area contributed by atoms with Crippen molar-refractivity contribution in [3.05, 3.63) is 18.3 Å². The molecule has 1 aliphatic rings. The first kappa shape index (κ1) is 9.72. The molecule has 6 heteroatoms. The molecule has 2 rings (SSSR count). The third-order valence-electron chi connectivity index (χ3n) is 2.20. The number of carbonyl (C=O) groups is 1. The number of pyridine rings is 1. The zero-order chi connectivity index (χ0) is 10.8. The zero-order valence-corrected chi connectivity index (χ0v) is 8.05. The minimum absolute atomic E-state index is 0.254. The van der Waals surface area contributed by atoms with Gasteiger partial charge in [0.05, 0.1) is 18.0 Å². The molecule has 1 fully saturated rings. The molecule has 0 bridgehead atoms. The van der Waals surface area contributed by atoms with Crippen molar-refractivity contribution >= 4 is 17.5 Å². The van der Waals surface area contributed by atoms with E-state index < -0.39 is 6.03 Å². The molecule has 4 N–H and O–H groups in total. The van der Waals surface area contributed by atoms with Gasteiger partial charge in [-0.2, -0.15) is 0 Å². The molecule has 1 aromatic rings. The number of nitrogens with zero attached hydrogens (tertiary/aromatic N) is 2. The van der Waals surface area contributed by atoms with Gasteiger partial charge < -0.3 is 21.1 Å². The molecule has 2 amide bonds. The first-order valence-corrected chi connectivity index (χ1v) is 4.60. The Labute approximate surface area is 86.7 Å². The van der Waals surface area contributed by atoms with E-state index in [4.69, 9.17) is 10.8 Å². The van der Waals surface area contributed by atoms with Gasteiger partial charge in [-0.1, -0.05) is 0 Å². The number of rotatable bonds is 2. The average molecular weight is 208 g/mol. The van der Waals surface area contributed by atoms with Crippen LogP contribution in [0.4, 0.5) is 16.3 Å². The van der Waals surface area contributed by atoms with Crippen LogP contribution in [0.5, 0.6) is 0 Å². The van der Waals surface area contributed by atoms with Crippen LogP contribution in [0.1, 0.15) is 0 Å². The number of urea groups is 1. The minimum Gasteiger partial charge on any atom is -0.389 e. The smallest absolute Gasteiger partial charge is 0.316 e. The van der Waals surface area contributed by atoms with E-state index >= 15 is 0 Å². The van der Waals surface area contributed by atoms with E-state index in [0.717, 1.165) is 5.82 Å². The quantitative estimate of drug-likeness (QED) is 0.625. The number of β-amino-alcohol motifs (C(OH)–C–C–N with tert-alkyl or cyclic N) is 1. The van der Waals surface area contributed by atoms with Gasteiger partial charge in [-0.3, -0.25) is 0 Å². The van der Waals surface area contributed by atoms with Crippen molar-refractivity contribution in [1.29, 1.82) is 0 Å². The molecule has 0 aromatic carbocycles. The first-order valence-electron chi connectivity index (χ1n) is 4.60. The molecule has 80 valence electrons. The Morgan fingerprint density at radius 1 is 1.60 bits per heavy atom. The van der Waals surface area contributed by atoms with Crippen molar-refractivity contribution in [2.75, 3.05) is 23.3 Å². The highest BCUT2D eigenvalue weighted by atomic mass is 16.3. The fourth-order valence-corrected chi connectivity index (χ4v) is 1.43. The van der Waals surface area contributed by atoms with Gasteiger partial charge in [0.1, 0.15) is 5.82 Å². The lowest BCUT2D eigenvalue weighted by Gasteiger charge is -2.36. The molecule has 1 saturated heterocycles. The molecule has 6 nitrogen and oxygen atoms in total. The Balaban J connectivity index is 2.01. The van der Waals surface area contributed by atoms with Crippen LogP contribution in [-0.2, 0) is 0 Å². The maximum Gasteiger partial charge on any atom is 0.316 e. The number of aliphatic hydroxyl groups excluding tert-OH is 1. The van der Waals surface area contributed by atoms with Crippen LogP contribution in [0.25, 0.3) is 0 Å². The van der Waals surface area contributed by atoms with E-state index in [-0.39, 0.29) is 6.10 Å². The summed E-state index contributed by atoms with van der Waals surface area (Å²) in [6.07, 6.45) is 1.28. The van der Waals surface area contributed by atoms with Gasteiger partial charge in [0.15, 0.2) is 0 Å². The second kappa shape index (κ2) is 3.74. The topological polar surface area (TPSA) is 91.5 Å². The molecule has 1 aromatic heterocycles. The fraction of sp³-hybridized carbons (Fsp3) is 0.333. The minimum atomic E-state index is -0.607. The van der Waals surface area contributed by atoms with Crippen molar-refractivity contribution < 1.29 is 9.90 Å². The number of aromatic nitrogens is 1. The molecule has 0 saturated carbocycles. The predicted molar refractivity (Wildman–Crippen MR) is 55.7 cm³/mol. The number of anilines is 2. The molecule has 0 unspecified atom stereocenters. The van der Waals surface area contributed by atoms with Crippen LogP contribution in [0, 0.1) is 0 Å². The van der Waals surface area contributed by atoms with Crippen LogP contribution in [-0.4, -0.2) is 35.3 Å². The standard InChI is InChI=1S/C9H12N4O2/c10-9(15)12-6-1-2-8(11-3-6)13-4-7(14)5-13/h1-3,7,14H,4-5H2,(H3,10,12,15). The summed E-state index contributed by atoms with van der Waals surface area (Å²) in [4.78, 5) is 16.6. The summed E-state index contributed by atoms with van der Waals surface area (Å²) >= 11 is 0. The number of nitrogens with two attached hydrogens (primary N) is 1. The van der Waals surface area contributed by atoms with Crippen molar-refractivity contribution in [2.45, 2.75) is 6.10 Å². The number of carbonyl (C=O) groups excluding carboxylic acids is 1. The molecule has 0 radical (unpaired) electrons. The molecule has 0 atom stereocenters. The third kappa shape index (κ3) is 2.16. The molecule has 15 heavy (non-hydrogen) atoms. The lowest BCUT2D eigenvalue weighted by Crippen LogP contribution is -2.51. The van der Waals surface area contributed by atoms with Gasteiger partial charge in [0.2, 0.25) is 0 Å². The lowest BCUT2D eigenvalue weighted by atomic mass is 10.2. The Morgan fingerprint density at radius 2 is 2.33 bits per heavy atom. The van der Waals surface area contributed by atoms with Crippen LogP contribution in [0.2, 0.25) is 0 Å². The summed E-state index contributed by atoms with van der Waals surface area (Å²) in [6, 6.07) is 2.89. The highest BCUT2D eigenvalue weighted by molar-refractivity contribution is 5.87. The van der Waals surface area contributed by atoms with Crippen molar-refractivity contribution in [1.82, 2.24) is 4.98 Å². The van der Waals surface area contributed by atoms with E-state index in [1.165, 1.54) is 6.20 Å². The zero-order valence-electron chi connectivity index (χ0n) is 8.05. The van der Waals surface area contributed by atoms with Crippen molar-refractivity contribution in [3.63, 3.8) is 0 Å². The number of amides is 2. The van der Waals surface area contributed by atoms with Gasteiger partial charge in [-0.25, -0.2) is 9.78 Å². The van der Waals surface area contributed by atoms with Crippen LogP contribution >= 0.6 is 0 Å².